The molecule has 39 heavy (non-hydrogen) atoms. The van der Waals surface area contributed by atoms with E-state index in [2.05, 4.69) is 149 Å². The SMILES string of the molecule is CC(c1ccccc1)[Si](C)(C)OCC1(CO[Si](C)(C)C(C)c2ccccc2)c2ccccc2-c2ccccc21. The van der Waals surface area contributed by atoms with E-state index in [9.17, 15) is 0 Å². The van der Waals surface area contributed by atoms with Crippen molar-refractivity contribution in [2.24, 2.45) is 0 Å². The van der Waals surface area contributed by atoms with Gasteiger partial charge in [0.1, 0.15) is 0 Å². The fraction of sp³-hybridized carbons (Fsp3) is 0.314. The minimum Gasteiger partial charge on any atom is -0.415 e. The fourth-order valence-corrected chi connectivity index (χ4v) is 9.65. The summed E-state index contributed by atoms with van der Waals surface area (Å²) < 4.78 is 14.3. The maximum atomic E-state index is 7.13. The quantitative estimate of drug-likeness (QED) is 0.183. The molecule has 0 N–H and O–H groups in total. The van der Waals surface area contributed by atoms with E-state index in [0.717, 1.165) is 0 Å². The van der Waals surface area contributed by atoms with Gasteiger partial charge in [-0.3, -0.25) is 0 Å². The molecule has 2 nitrogen and oxygen atoms in total. The summed E-state index contributed by atoms with van der Waals surface area (Å²) in [4.78, 5) is 0. The summed E-state index contributed by atoms with van der Waals surface area (Å²) in [6.07, 6.45) is 0. The second kappa shape index (κ2) is 11.0. The number of fused-ring (bicyclic) bond motifs is 3. The second-order valence-corrected chi connectivity index (χ2v) is 20.9. The zero-order valence-corrected chi connectivity index (χ0v) is 26.3. The molecule has 4 aromatic rings. The standard InChI is InChI=1S/C35H42O2Si2/c1-27(29-17-9-7-10-18-29)38(3,4)36-25-35(26-37-39(5,6)28(2)30-19-11-8-12-20-30)33-23-15-13-21-31(33)32-22-14-16-24-34(32)35/h7-24,27-28H,25-26H2,1-6H3. The Hall–Kier alpha value is -2.77. The van der Waals surface area contributed by atoms with Gasteiger partial charge < -0.3 is 8.85 Å². The molecule has 0 heterocycles. The first-order valence-corrected chi connectivity index (χ1v) is 20.2. The molecule has 0 aliphatic heterocycles. The molecule has 5 rings (SSSR count). The summed E-state index contributed by atoms with van der Waals surface area (Å²) in [5, 5.41) is 0. The van der Waals surface area contributed by atoms with Crippen molar-refractivity contribution in [3.8, 4) is 11.1 Å². The Morgan fingerprint density at radius 2 is 0.846 bits per heavy atom. The lowest BCUT2D eigenvalue weighted by Gasteiger charge is -2.40. The Kier molecular flexibility index (Phi) is 7.85. The van der Waals surface area contributed by atoms with E-state index < -0.39 is 16.6 Å². The van der Waals surface area contributed by atoms with Crippen LogP contribution in [0.25, 0.3) is 11.1 Å². The molecular weight excluding hydrogens is 509 g/mol. The van der Waals surface area contributed by atoms with Gasteiger partial charge in [-0.05, 0) is 70.7 Å². The van der Waals surface area contributed by atoms with Crippen molar-refractivity contribution in [1.29, 1.82) is 0 Å². The third-order valence-electron chi connectivity index (χ3n) is 9.24. The van der Waals surface area contributed by atoms with Gasteiger partial charge in [0.05, 0.1) is 5.41 Å². The second-order valence-electron chi connectivity index (χ2n) is 12.2. The van der Waals surface area contributed by atoms with Crippen LogP contribution in [0.5, 0.6) is 0 Å². The summed E-state index contributed by atoms with van der Waals surface area (Å²) in [5.74, 6) is 0. The van der Waals surface area contributed by atoms with Gasteiger partial charge in [0.15, 0.2) is 16.6 Å². The molecule has 1 aliphatic carbocycles. The van der Waals surface area contributed by atoms with Crippen molar-refractivity contribution in [2.45, 2.75) is 56.5 Å². The van der Waals surface area contributed by atoms with Gasteiger partial charge in [-0.2, -0.15) is 0 Å². The fourth-order valence-electron chi connectivity index (χ4n) is 5.92. The Labute approximate surface area is 237 Å². The van der Waals surface area contributed by atoms with E-state index in [4.69, 9.17) is 8.85 Å². The highest BCUT2D eigenvalue weighted by molar-refractivity contribution is 6.73. The van der Waals surface area contributed by atoms with Gasteiger partial charge in [0, 0.05) is 13.2 Å². The average Bonchev–Trinajstić information content (AvgIpc) is 3.25. The van der Waals surface area contributed by atoms with Crippen molar-refractivity contribution in [2.75, 3.05) is 13.2 Å². The molecule has 0 spiro atoms. The van der Waals surface area contributed by atoms with Crippen LogP contribution < -0.4 is 0 Å². The Balaban J connectivity index is 1.50. The van der Waals surface area contributed by atoms with E-state index in [-0.39, 0.29) is 5.41 Å². The highest BCUT2D eigenvalue weighted by Gasteiger charge is 2.47. The first-order valence-electron chi connectivity index (χ1n) is 14.2. The molecule has 2 atom stereocenters. The van der Waals surface area contributed by atoms with Crippen molar-refractivity contribution >= 4 is 16.6 Å². The molecule has 1 aliphatic rings. The maximum absolute atomic E-state index is 7.13. The summed E-state index contributed by atoms with van der Waals surface area (Å²) in [6, 6.07) is 39.4. The normalized spacial score (nSPS) is 15.8. The predicted octanol–water partition coefficient (Wildman–Crippen LogP) is 9.08. The average molecular weight is 551 g/mol. The first kappa shape index (κ1) is 27.8. The first-order chi connectivity index (χ1) is 18.7. The summed E-state index contributed by atoms with van der Waals surface area (Å²) >= 11 is 0. The van der Waals surface area contributed by atoms with Gasteiger partial charge in [0.25, 0.3) is 0 Å². The molecule has 2 unspecified atom stereocenters. The van der Waals surface area contributed by atoms with Crippen LogP contribution >= 0.6 is 0 Å². The Morgan fingerprint density at radius 1 is 0.513 bits per heavy atom. The molecule has 0 saturated heterocycles. The zero-order chi connectivity index (χ0) is 27.7. The van der Waals surface area contributed by atoms with Crippen LogP contribution in [0.3, 0.4) is 0 Å². The number of hydrogen-bond acceptors (Lipinski definition) is 2. The van der Waals surface area contributed by atoms with Crippen LogP contribution in [0.4, 0.5) is 0 Å². The highest BCUT2D eigenvalue weighted by atomic mass is 28.4. The minimum atomic E-state index is -2.10. The Bertz CT molecular complexity index is 1290. The molecular formula is C35H42O2Si2. The van der Waals surface area contributed by atoms with Crippen LogP contribution in [0.2, 0.25) is 26.2 Å². The van der Waals surface area contributed by atoms with Crippen LogP contribution in [-0.2, 0) is 14.3 Å². The molecule has 0 fully saturated rings. The van der Waals surface area contributed by atoms with Crippen molar-refractivity contribution in [1.82, 2.24) is 0 Å². The molecule has 0 saturated carbocycles. The smallest absolute Gasteiger partial charge is 0.193 e. The largest absolute Gasteiger partial charge is 0.415 e. The number of rotatable bonds is 10. The van der Waals surface area contributed by atoms with Crippen molar-refractivity contribution in [3.05, 3.63) is 131 Å². The van der Waals surface area contributed by atoms with E-state index >= 15 is 0 Å². The van der Waals surface area contributed by atoms with Crippen LogP contribution in [0.15, 0.2) is 109 Å². The van der Waals surface area contributed by atoms with Gasteiger partial charge >= 0.3 is 0 Å². The summed E-state index contributed by atoms with van der Waals surface area (Å²) in [5.41, 5.74) is 8.43. The third-order valence-corrected chi connectivity index (χ3v) is 15.9. The van der Waals surface area contributed by atoms with Gasteiger partial charge in [-0.25, -0.2) is 0 Å². The lowest BCUT2D eigenvalue weighted by molar-refractivity contribution is 0.159. The molecule has 0 aromatic heterocycles. The molecule has 4 aromatic carbocycles. The van der Waals surface area contributed by atoms with Crippen LogP contribution in [0, 0.1) is 0 Å². The van der Waals surface area contributed by atoms with Crippen LogP contribution in [0.1, 0.15) is 47.2 Å². The molecule has 0 amide bonds. The zero-order valence-electron chi connectivity index (χ0n) is 24.3. The maximum Gasteiger partial charge on any atom is 0.193 e. The molecule has 202 valence electrons. The molecule has 4 heteroatoms. The number of hydrogen-bond donors (Lipinski definition) is 0. The van der Waals surface area contributed by atoms with E-state index in [1.54, 1.807) is 0 Å². The monoisotopic (exact) mass is 550 g/mol. The highest BCUT2D eigenvalue weighted by Crippen LogP contribution is 2.50. The van der Waals surface area contributed by atoms with Gasteiger partial charge in [0.2, 0.25) is 0 Å². The summed E-state index contributed by atoms with van der Waals surface area (Å²) in [7, 11) is -4.20. The Morgan fingerprint density at radius 3 is 1.23 bits per heavy atom. The van der Waals surface area contributed by atoms with Crippen molar-refractivity contribution in [3.63, 3.8) is 0 Å². The van der Waals surface area contributed by atoms with Gasteiger partial charge in [-0.15, -0.1) is 0 Å². The predicted molar refractivity (Wildman–Crippen MR) is 169 cm³/mol. The van der Waals surface area contributed by atoms with Gasteiger partial charge in [-0.1, -0.05) is 123 Å². The summed E-state index contributed by atoms with van der Waals surface area (Å²) in [6.45, 7) is 15.4. The minimum absolute atomic E-state index is 0.339. The van der Waals surface area contributed by atoms with E-state index in [1.807, 2.05) is 0 Å². The number of benzene rings is 4. The lowest BCUT2D eigenvalue weighted by Crippen LogP contribution is -2.48. The van der Waals surface area contributed by atoms with E-state index in [1.165, 1.54) is 33.4 Å². The van der Waals surface area contributed by atoms with Crippen LogP contribution in [-0.4, -0.2) is 29.8 Å². The molecule has 0 radical (unpaired) electrons. The lowest BCUT2D eigenvalue weighted by atomic mass is 9.80. The van der Waals surface area contributed by atoms with E-state index in [0.29, 0.717) is 24.3 Å². The van der Waals surface area contributed by atoms with Crippen molar-refractivity contribution < 1.29 is 8.85 Å². The third kappa shape index (κ3) is 5.36. The topological polar surface area (TPSA) is 18.5 Å². The molecule has 0 bridgehead atoms.